The van der Waals surface area contributed by atoms with Gasteiger partial charge in [0, 0.05) is 36.4 Å². The van der Waals surface area contributed by atoms with Crippen LogP contribution in [0.15, 0.2) is 22.7 Å². The maximum Gasteiger partial charge on any atom is 0.270 e. The lowest BCUT2D eigenvalue weighted by molar-refractivity contribution is -0.384. The topological polar surface area (TPSA) is 81.5 Å². The van der Waals surface area contributed by atoms with Crippen LogP contribution in [0.2, 0.25) is 0 Å². The van der Waals surface area contributed by atoms with E-state index in [9.17, 15) is 14.9 Å². The molecule has 0 aliphatic carbocycles. The van der Waals surface area contributed by atoms with Crippen molar-refractivity contribution in [2.75, 3.05) is 13.7 Å². The molecule has 0 saturated heterocycles. The molecule has 0 radical (unpaired) electrons. The molecular formula is C13H17BrN2O4. The van der Waals surface area contributed by atoms with Crippen molar-refractivity contribution in [2.45, 2.75) is 25.8 Å². The van der Waals surface area contributed by atoms with Crippen LogP contribution in [0.3, 0.4) is 0 Å². The number of halogens is 1. The number of methoxy groups -OCH3 is 1. The van der Waals surface area contributed by atoms with Crippen LogP contribution in [0.4, 0.5) is 5.69 Å². The molecule has 1 aromatic rings. The van der Waals surface area contributed by atoms with Crippen molar-refractivity contribution < 1.29 is 14.5 Å². The molecule has 6 nitrogen and oxygen atoms in total. The van der Waals surface area contributed by atoms with Crippen LogP contribution in [-0.4, -0.2) is 30.6 Å². The van der Waals surface area contributed by atoms with Crippen molar-refractivity contribution in [3.8, 4) is 0 Å². The van der Waals surface area contributed by atoms with E-state index in [1.54, 1.807) is 13.2 Å². The van der Waals surface area contributed by atoms with Gasteiger partial charge >= 0.3 is 0 Å². The van der Waals surface area contributed by atoms with E-state index in [0.717, 1.165) is 6.42 Å². The van der Waals surface area contributed by atoms with Crippen molar-refractivity contribution in [2.24, 2.45) is 0 Å². The van der Waals surface area contributed by atoms with Crippen molar-refractivity contribution >= 4 is 27.5 Å². The molecule has 0 heterocycles. The zero-order valence-corrected chi connectivity index (χ0v) is 13.0. The van der Waals surface area contributed by atoms with Gasteiger partial charge in [0.2, 0.25) is 5.91 Å². The van der Waals surface area contributed by atoms with Gasteiger partial charge in [0.1, 0.15) is 0 Å². The maximum absolute atomic E-state index is 11.9. The number of carbonyl (C=O) groups is 1. The van der Waals surface area contributed by atoms with E-state index in [0.29, 0.717) is 16.6 Å². The fourth-order valence-corrected chi connectivity index (χ4v) is 2.17. The number of carbonyl (C=O) groups excluding carboxylic acids is 1. The van der Waals surface area contributed by atoms with E-state index in [-0.39, 0.29) is 24.1 Å². The van der Waals surface area contributed by atoms with Crippen LogP contribution in [0, 0.1) is 10.1 Å². The number of nitro groups is 1. The highest BCUT2D eigenvalue weighted by molar-refractivity contribution is 9.10. The molecule has 1 N–H and O–H groups in total. The first-order chi connectivity index (χ1) is 9.43. The van der Waals surface area contributed by atoms with Gasteiger partial charge < -0.3 is 10.1 Å². The van der Waals surface area contributed by atoms with E-state index < -0.39 is 4.92 Å². The highest BCUT2D eigenvalue weighted by Gasteiger charge is 2.13. The molecule has 0 bridgehead atoms. The van der Waals surface area contributed by atoms with Crippen molar-refractivity contribution in [1.29, 1.82) is 0 Å². The molecule has 1 rings (SSSR count). The molecule has 110 valence electrons. The lowest BCUT2D eigenvalue weighted by atomic mass is 10.1. The molecule has 0 aromatic heterocycles. The monoisotopic (exact) mass is 344 g/mol. The minimum Gasteiger partial charge on any atom is -0.385 e. The Hall–Kier alpha value is -1.47. The number of ether oxygens (including phenoxy) is 1. The number of non-ortho nitro benzene ring substituents is 1. The quantitative estimate of drug-likeness (QED) is 0.608. The number of nitrogens with zero attached hydrogens (tertiary/aromatic N) is 1. The Bertz CT molecular complexity index is 493. The largest absolute Gasteiger partial charge is 0.385 e. The average molecular weight is 345 g/mol. The molecule has 1 aromatic carbocycles. The SMILES string of the molecule is COCCC(C)NC(=O)Cc1ccc([N+](=O)[O-])cc1Br. The minimum atomic E-state index is -0.471. The van der Waals surface area contributed by atoms with Gasteiger partial charge in [-0.15, -0.1) is 0 Å². The molecular weight excluding hydrogens is 328 g/mol. The Morgan fingerprint density at radius 2 is 2.25 bits per heavy atom. The summed E-state index contributed by atoms with van der Waals surface area (Å²) in [5, 5.41) is 13.5. The number of amides is 1. The van der Waals surface area contributed by atoms with E-state index in [1.165, 1.54) is 12.1 Å². The molecule has 20 heavy (non-hydrogen) atoms. The van der Waals surface area contributed by atoms with Crippen molar-refractivity contribution in [3.05, 3.63) is 38.3 Å². The van der Waals surface area contributed by atoms with Crippen molar-refractivity contribution in [1.82, 2.24) is 5.32 Å². The number of rotatable bonds is 7. The second-order valence-corrected chi connectivity index (χ2v) is 5.31. The van der Waals surface area contributed by atoms with Crippen LogP contribution in [-0.2, 0) is 16.0 Å². The fourth-order valence-electron chi connectivity index (χ4n) is 1.66. The van der Waals surface area contributed by atoms with Gasteiger partial charge in [0.25, 0.3) is 5.69 Å². The summed E-state index contributed by atoms with van der Waals surface area (Å²) in [5.74, 6) is -0.122. The van der Waals surface area contributed by atoms with Gasteiger partial charge in [0.15, 0.2) is 0 Å². The summed E-state index contributed by atoms with van der Waals surface area (Å²) in [4.78, 5) is 22.0. The predicted octanol–water partition coefficient (Wildman–Crippen LogP) is 2.44. The van der Waals surface area contributed by atoms with E-state index in [2.05, 4.69) is 21.2 Å². The Morgan fingerprint density at radius 1 is 1.55 bits per heavy atom. The Morgan fingerprint density at radius 3 is 2.80 bits per heavy atom. The number of benzene rings is 1. The van der Waals surface area contributed by atoms with Gasteiger partial charge in [0.05, 0.1) is 11.3 Å². The second kappa shape index (κ2) is 7.96. The first-order valence-electron chi connectivity index (χ1n) is 6.15. The summed E-state index contributed by atoms with van der Waals surface area (Å²) in [6.45, 7) is 2.49. The van der Waals surface area contributed by atoms with Gasteiger partial charge in [-0.05, 0) is 18.9 Å². The third kappa shape index (κ3) is 5.26. The molecule has 1 unspecified atom stereocenters. The zero-order valence-electron chi connectivity index (χ0n) is 11.4. The first kappa shape index (κ1) is 16.6. The van der Waals surface area contributed by atoms with Crippen LogP contribution in [0.1, 0.15) is 18.9 Å². The molecule has 0 fully saturated rings. The first-order valence-corrected chi connectivity index (χ1v) is 6.94. The molecule has 0 spiro atoms. The molecule has 0 aliphatic heterocycles. The maximum atomic E-state index is 11.9. The summed E-state index contributed by atoms with van der Waals surface area (Å²) in [5.41, 5.74) is 0.710. The van der Waals surface area contributed by atoms with E-state index in [4.69, 9.17) is 4.74 Å². The summed E-state index contributed by atoms with van der Waals surface area (Å²) in [6.07, 6.45) is 0.916. The Balaban J connectivity index is 2.60. The van der Waals surface area contributed by atoms with Crippen molar-refractivity contribution in [3.63, 3.8) is 0 Å². The van der Waals surface area contributed by atoms with Gasteiger partial charge in [-0.1, -0.05) is 22.0 Å². The summed E-state index contributed by atoms with van der Waals surface area (Å²) in [6, 6.07) is 4.40. The highest BCUT2D eigenvalue weighted by Crippen LogP contribution is 2.23. The molecule has 0 saturated carbocycles. The number of hydrogen-bond donors (Lipinski definition) is 1. The van der Waals surface area contributed by atoms with Crippen LogP contribution >= 0.6 is 15.9 Å². The van der Waals surface area contributed by atoms with Crippen LogP contribution in [0.25, 0.3) is 0 Å². The third-order valence-electron chi connectivity index (χ3n) is 2.76. The lowest BCUT2D eigenvalue weighted by Gasteiger charge is -2.13. The fraction of sp³-hybridized carbons (Fsp3) is 0.462. The van der Waals surface area contributed by atoms with E-state index in [1.807, 2.05) is 6.92 Å². The molecule has 1 amide bonds. The molecule has 0 aliphatic rings. The summed E-state index contributed by atoms with van der Waals surface area (Å²) in [7, 11) is 1.61. The van der Waals surface area contributed by atoms with E-state index >= 15 is 0 Å². The smallest absolute Gasteiger partial charge is 0.270 e. The van der Waals surface area contributed by atoms with Gasteiger partial charge in [-0.3, -0.25) is 14.9 Å². The third-order valence-corrected chi connectivity index (χ3v) is 3.50. The van der Waals surface area contributed by atoms with Crippen LogP contribution in [0.5, 0.6) is 0 Å². The van der Waals surface area contributed by atoms with Crippen LogP contribution < -0.4 is 5.32 Å². The van der Waals surface area contributed by atoms with Gasteiger partial charge in [-0.2, -0.15) is 0 Å². The number of nitro benzene ring substituents is 1. The highest BCUT2D eigenvalue weighted by atomic mass is 79.9. The molecule has 1 atom stereocenters. The zero-order chi connectivity index (χ0) is 15.1. The predicted molar refractivity (Wildman–Crippen MR) is 78.6 cm³/mol. The number of hydrogen-bond acceptors (Lipinski definition) is 4. The Kier molecular flexibility index (Phi) is 6.60. The second-order valence-electron chi connectivity index (χ2n) is 4.46. The lowest BCUT2D eigenvalue weighted by Crippen LogP contribution is -2.34. The minimum absolute atomic E-state index is 0.00510. The summed E-state index contributed by atoms with van der Waals surface area (Å²) >= 11 is 3.25. The van der Waals surface area contributed by atoms with Gasteiger partial charge in [-0.25, -0.2) is 0 Å². The average Bonchev–Trinajstić information content (AvgIpc) is 2.38. The number of nitrogens with one attached hydrogen (secondary N) is 1. The standard InChI is InChI=1S/C13H17BrN2O4/c1-9(5-6-20-2)15-13(17)7-10-3-4-11(16(18)19)8-12(10)14/h3-4,8-9H,5-7H2,1-2H3,(H,15,17). The Labute approximate surface area is 125 Å². The summed E-state index contributed by atoms with van der Waals surface area (Å²) < 4.78 is 5.51. The normalized spacial score (nSPS) is 11.9. The molecule has 7 heteroatoms.